The molecule has 1 unspecified atom stereocenters. The van der Waals surface area contributed by atoms with Crippen molar-refractivity contribution in [1.82, 2.24) is 4.90 Å². The van der Waals surface area contributed by atoms with Gasteiger partial charge in [-0.3, -0.25) is 4.90 Å². The second-order valence-corrected chi connectivity index (χ2v) is 2.36. The van der Waals surface area contributed by atoms with Crippen LogP contribution in [0.5, 0.6) is 0 Å². The minimum Gasteiger partial charge on any atom is -0.379 e. The summed E-state index contributed by atoms with van der Waals surface area (Å²) in [4.78, 5) is 1.09. The van der Waals surface area contributed by atoms with Gasteiger partial charge in [0.05, 0.1) is 13.2 Å². The number of hydrogen-bond acceptors (Lipinski definition) is 2. The van der Waals surface area contributed by atoms with Gasteiger partial charge in [-0.05, 0) is 0 Å². The van der Waals surface area contributed by atoms with Crippen LogP contribution in [0.2, 0.25) is 0 Å². The summed E-state index contributed by atoms with van der Waals surface area (Å²) in [6.45, 7) is 1.19. The molecule has 0 amide bonds. The monoisotopic (exact) mass is 169 g/mol. The van der Waals surface area contributed by atoms with Crippen LogP contribution in [0.3, 0.4) is 0 Å². The van der Waals surface area contributed by atoms with Gasteiger partial charge >= 0.3 is 0 Å². The summed E-state index contributed by atoms with van der Waals surface area (Å²) in [5, 5.41) is 0. The Morgan fingerprint density at radius 1 is 1.09 bits per heavy atom. The van der Waals surface area contributed by atoms with Crippen molar-refractivity contribution >= 4 is 0 Å². The van der Waals surface area contributed by atoms with E-state index in [0.29, 0.717) is 13.2 Å². The van der Waals surface area contributed by atoms with Gasteiger partial charge in [0.25, 0.3) is 6.43 Å². The molecule has 0 saturated carbocycles. The number of halogens is 3. The lowest BCUT2D eigenvalue weighted by molar-refractivity contribution is -0.0856. The normalized spacial score (nSPS) is 24.0. The molecule has 5 heteroatoms. The van der Waals surface area contributed by atoms with Crippen molar-refractivity contribution in [1.29, 1.82) is 0 Å². The number of morpholine rings is 1. The minimum absolute atomic E-state index is 0.255. The molecule has 0 spiro atoms. The summed E-state index contributed by atoms with van der Waals surface area (Å²) in [5.41, 5.74) is 0. The molecule has 0 aromatic heterocycles. The molecular weight excluding hydrogens is 159 g/mol. The molecule has 2 nitrogen and oxygen atoms in total. The van der Waals surface area contributed by atoms with Crippen molar-refractivity contribution in [2.24, 2.45) is 0 Å². The summed E-state index contributed by atoms with van der Waals surface area (Å²) < 4.78 is 40.9. The van der Waals surface area contributed by atoms with E-state index >= 15 is 0 Å². The van der Waals surface area contributed by atoms with E-state index in [2.05, 4.69) is 0 Å². The predicted octanol–water partition coefficient (Wildman–Crippen LogP) is 0.879. The molecule has 0 aromatic rings. The summed E-state index contributed by atoms with van der Waals surface area (Å²) in [6, 6.07) is 0. The summed E-state index contributed by atoms with van der Waals surface area (Å²) in [6.07, 6.45) is -5.04. The molecule has 1 atom stereocenters. The second kappa shape index (κ2) is 3.92. The molecule has 1 aliphatic heterocycles. The Bertz CT molecular complexity index is 116. The maximum Gasteiger partial charge on any atom is 0.282 e. The van der Waals surface area contributed by atoms with Gasteiger partial charge in [0, 0.05) is 13.1 Å². The van der Waals surface area contributed by atoms with Crippen LogP contribution in [0.25, 0.3) is 0 Å². The van der Waals surface area contributed by atoms with Gasteiger partial charge < -0.3 is 4.74 Å². The largest absolute Gasteiger partial charge is 0.379 e. The Kier molecular flexibility index (Phi) is 3.14. The van der Waals surface area contributed by atoms with Gasteiger partial charge in [-0.2, -0.15) is 0 Å². The molecule has 1 aliphatic rings. The molecule has 11 heavy (non-hydrogen) atoms. The molecule has 0 bridgehead atoms. The molecule has 0 N–H and O–H groups in total. The number of ether oxygens (including phenoxy) is 1. The Labute approximate surface area is 62.9 Å². The Hall–Kier alpha value is -0.290. The van der Waals surface area contributed by atoms with Crippen LogP contribution >= 0.6 is 0 Å². The first kappa shape index (κ1) is 8.80. The van der Waals surface area contributed by atoms with Crippen LogP contribution in [0.15, 0.2) is 0 Å². The van der Waals surface area contributed by atoms with Crippen molar-refractivity contribution in [3.63, 3.8) is 0 Å². The van der Waals surface area contributed by atoms with E-state index in [4.69, 9.17) is 4.74 Å². The zero-order valence-corrected chi connectivity index (χ0v) is 5.97. The Morgan fingerprint density at radius 2 is 1.64 bits per heavy atom. The maximum absolute atomic E-state index is 12.5. The van der Waals surface area contributed by atoms with Crippen molar-refractivity contribution in [2.45, 2.75) is 12.7 Å². The van der Waals surface area contributed by atoms with Gasteiger partial charge in [0.1, 0.15) is 0 Å². The second-order valence-electron chi connectivity index (χ2n) is 2.36. The minimum atomic E-state index is -2.91. The maximum atomic E-state index is 12.5. The molecule has 0 radical (unpaired) electrons. The standard InChI is InChI=1S/C6H10F3NO/c7-5(8)6(9)10-1-3-11-4-2-10/h5-6H,1-4H2. The van der Waals surface area contributed by atoms with Crippen LogP contribution in [0, 0.1) is 0 Å². The highest BCUT2D eigenvalue weighted by Gasteiger charge is 2.27. The fourth-order valence-electron chi connectivity index (χ4n) is 0.983. The van der Waals surface area contributed by atoms with E-state index in [1.54, 1.807) is 0 Å². The van der Waals surface area contributed by atoms with Crippen LogP contribution in [0.4, 0.5) is 13.2 Å². The zero-order chi connectivity index (χ0) is 8.27. The van der Waals surface area contributed by atoms with E-state index in [-0.39, 0.29) is 13.1 Å². The molecule has 1 heterocycles. The smallest absolute Gasteiger partial charge is 0.282 e. The number of nitrogens with zero attached hydrogens (tertiary/aromatic N) is 1. The molecule has 66 valence electrons. The quantitative estimate of drug-likeness (QED) is 0.569. The van der Waals surface area contributed by atoms with Gasteiger partial charge in [-0.25, -0.2) is 13.2 Å². The van der Waals surface area contributed by atoms with Crippen molar-refractivity contribution in [3.05, 3.63) is 0 Å². The first-order valence-corrected chi connectivity index (χ1v) is 3.46. The molecule has 0 aliphatic carbocycles. The molecule has 1 rings (SSSR count). The average Bonchev–Trinajstić information content (AvgIpc) is 2.05. The number of rotatable bonds is 2. The van der Waals surface area contributed by atoms with Crippen LogP contribution in [0.1, 0.15) is 0 Å². The number of alkyl halides is 3. The summed E-state index contributed by atoms with van der Waals surface area (Å²) in [5.74, 6) is 0. The highest BCUT2D eigenvalue weighted by molar-refractivity contribution is 4.66. The molecular formula is C6H10F3NO. The topological polar surface area (TPSA) is 12.5 Å². The lowest BCUT2D eigenvalue weighted by atomic mass is 10.4. The van der Waals surface area contributed by atoms with Gasteiger partial charge in [0.15, 0.2) is 0 Å². The van der Waals surface area contributed by atoms with E-state index in [1.165, 1.54) is 0 Å². The highest BCUT2D eigenvalue weighted by atomic mass is 19.3. The van der Waals surface area contributed by atoms with Crippen LogP contribution in [-0.4, -0.2) is 43.9 Å². The fraction of sp³-hybridized carbons (Fsp3) is 1.00. The summed E-state index contributed by atoms with van der Waals surface area (Å²) in [7, 11) is 0. The third-order valence-electron chi connectivity index (χ3n) is 1.60. The molecule has 1 saturated heterocycles. The summed E-state index contributed by atoms with van der Waals surface area (Å²) >= 11 is 0. The van der Waals surface area contributed by atoms with Gasteiger partial charge in [-0.1, -0.05) is 0 Å². The van der Waals surface area contributed by atoms with Crippen molar-refractivity contribution in [2.75, 3.05) is 26.3 Å². The average molecular weight is 169 g/mol. The first-order valence-electron chi connectivity index (χ1n) is 3.46. The zero-order valence-electron chi connectivity index (χ0n) is 5.97. The Balaban J connectivity index is 2.32. The third kappa shape index (κ3) is 2.34. The van der Waals surface area contributed by atoms with Gasteiger partial charge in [0.2, 0.25) is 6.30 Å². The van der Waals surface area contributed by atoms with Crippen molar-refractivity contribution < 1.29 is 17.9 Å². The van der Waals surface area contributed by atoms with E-state index in [9.17, 15) is 13.2 Å². The van der Waals surface area contributed by atoms with E-state index in [1.807, 2.05) is 0 Å². The van der Waals surface area contributed by atoms with Crippen LogP contribution in [-0.2, 0) is 4.74 Å². The SMILES string of the molecule is FC(F)C(F)N1CCOCC1. The fourth-order valence-corrected chi connectivity index (χ4v) is 0.983. The third-order valence-corrected chi connectivity index (χ3v) is 1.60. The Morgan fingerprint density at radius 3 is 2.09 bits per heavy atom. The van der Waals surface area contributed by atoms with Crippen molar-refractivity contribution in [3.8, 4) is 0 Å². The van der Waals surface area contributed by atoms with Crippen LogP contribution < -0.4 is 0 Å². The van der Waals surface area contributed by atoms with E-state index < -0.39 is 12.7 Å². The van der Waals surface area contributed by atoms with E-state index in [0.717, 1.165) is 4.90 Å². The molecule has 0 aromatic carbocycles. The lowest BCUT2D eigenvalue weighted by Gasteiger charge is -2.28. The van der Waals surface area contributed by atoms with Gasteiger partial charge in [-0.15, -0.1) is 0 Å². The molecule has 1 fully saturated rings. The predicted molar refractivity (Wildman–Crippen MR) is 33.3 cm³/mol. The lowest BCUT2D eigenvalue weighted by Crippen LogP contribution is -2.44. The number of hydrogen-bond donors (Lipinski definition) is 0. The first-order chi connectivity index (χ1) is 5.22. The highest BCUT2D eigenvalue weighted by Crippen LogP contribution is 2.12.